The number of rotatable bonds is 7. The Hall–Kier alpha value is -8.00. The minimum atomic E-state index is 0.581. The van der Waals surface area contributed by atoms with Gasteiger partial charge in [-0.05, 0) is 110 Å². The van der Waals surface area contributed by atoms with Crippen molar-refractivity contribution >= 4 is 43.6 Å². The zero-order chi connectivity index (χ0) is 42.0. The van der Waals surface area contributed by atoms with Crippen molar-refractivity contribution in [3.8, 4) is 51.0 Å². The van der Waals surface area contributed by atoms with E-state index in [1.165, 1.54) is 54.9 Å². The molecule has 0 saturated heterocycles. The monoisotopic (exact) mass is 784 g/mol. The Kier molecular flexibility index (Phi) is 10.3. The number of benzene rings is 7. The second kappa shape index (κ2) is 16.3. The van der Waals surface area contributed by atoms with Crippen LogP contribution in [0.5, 0.6) is 0 Å². The molecular weight excluding hydrogens is 741 g/mol. The van der Waals surface area contributed by atoms with Gasteiger partial charge >= 0.3 is 0 Å². The number of nitriles is 1. The molecule has 0 aliphatic heterocycles. The fourth-order valence-corrected chi connectivity index (χ4v) is 8.35. The topological polar surface area (TPSA) is 46.5 Å². The maximum Gasteiger partial charge on any atom is 0.0991 e. The molecule has 4 heteroatoms. The smallest absolute Gasteiger partial charge is 0.0991 e. The highest BCUT2D eigenvalue weighted by Crippen LogP contribution is 2.41. The highest BCUT2D eigenvalue weighted by molar-refractivity contribution is 6.12. The quantitative estimate of drug-likeness (QED) is 0.151. The Morgan fingerprint density at radius 1 is 0.541 bits per heavy atom. The first-order valence-corrected chi connectivity index (χ1v) is 20.5. The first kappa shape index (κ1) is 38.5. The summed E-state index contributed by atoms with van der Waals surface area (Å²) in [5.41, 5.74) is 16.9. The number of aryl methyl sites for hydroxylation is 2. The molecule has 0 fully saturated rings. The van der Waals surface area contributed by atoms with Crippen molar-refractivity contribution in [2.45, 2.75) is 20.8 Å². The third kappa shape index (κ3) is 7.13. The van der Waals surface area contributed by atoms with Gasteiger partial charge in [0.25, 0.3) is 0 Å². The molecule has 4 nitrogen and oxygen atoms in total. The minimum absolute atomic E-state index is 0.581. The van der Waals surface area contributed by atoms with Crippen LogP contribution in [-0.4, -0.2) is 14.1 Å². The van der Waals surface area contributed by atoms with Crippen LogP contribution in [0.25, 0.3) is 88.5 Å². The van der Waals surface area contributed by atoms with Gasteiger partial charge in [-0.2, -0.15) is 5.26 Å². The van der Waals surface area contributed by atoms with E-state index < -0.39 is 0 Å². The van der Waals surface area contributed by atoms with Crippen molar-refractivity contribution in [3.63, 3.8) is 0 Å². The van der Waals surface area contributed by atoms with E-state index >= 15 is 0 Å². The van der Waals surface area contributed by atoms with E-state index in [1.807, 2.05) is 37.4 Å². The SMILES string of the molecule is C=C/C=C(/C)C=C.Cc1ccc(-c2ccc3c(c2)c2ccccc2n3-c2ccc(C#N)cc2-c2ncccc2-n2c3ccccc3c3cc(-c4ccc(C)cc4)ccc32)cc1. The lowest BCUT2D eigenvalue weighted by atomic mass is 10.0. The highest BCUT2D eigenvalue weighted by atomic mass is 15.0. The number of hydrogen-bond donors (Lipinski definition) is 0. The summed E-state index contributed by atoms with van der Waals surface area (Å²) in [7, 11) is 0. The third-order valence-electron chi connectivity index (χ3n) is 11.5. The van der Waals surface area contributed by atoms with Crippen molar-refractivity contribution in [2.75, 3.05) is 0 Å². The molecule has 61 heavy (non-hydrogen) atoms. The average Bonchev–Trinajstić information content (AvgIpc) is 3.81. The summed E-state index contributed by atoms with van der Waals surface area (Å²) in [6, 6.07) is 60.6. The van der Waals surface area contributed by atoms with Gasteiger partial charge in [0, 0.05) is 33.3 Å². The summed E-state index contributed by atoms with van der Waals surface area (Å²) in [5.74, 6) is 0. The van der Waals surface area contributed by atoms with Gasteiger partial charge in [-0.25, -0.2) is 0 Å². The maximum absolute atomic E-state index is 10.2. The molecule has 0 aliphatic rings. The first-order chi connectivity index (χ1) is 29.9. The summed E-state index contributed by atoms with van der Waals surface area (Å²) in [5, 5.41) is 14.9. The lowest BCUT2D eigenvalue weighted by molar-refractivity contribution is 1.13. The largest absolute Gasteiger partial charge is 0.309 e. The minimum Gasteiger partial charge on any atom is -0.309 e. The van der Waals surface area contributed by atoms with Crippen LogP contribution in [0.2, 0.25) is 0 Å². The lowest BCUT2D eigenvalue weighted by Crippen LogP contribution is -2.03. The van der Waals surface area contributed by atoms with Crippen LogP contribution in [-0.2, 0) is 0 Å². The van der Waals surface area contributed by atoms with Crippen LogP contribution in [0.3, 0.4) is 0 Å². The molecule has 0 unspecified atom stereocenters. The molecular formula is C57H44N4. The number of aromatic nitrogens is 3. The fraction of sp³-hybridized carbons (Fsp3) is 0.0526. The molecule has 0 N–H and O–H groups in total. The standard InChI is InChI=1S/C50H34N4.C7H10/c1-32-13-18-35(19-14-32)37-22-25-46-41(29-37)39-8-3-5-10-44(39)53(46)48-24-17-34(31-51)28-43(48)50-49(12-7-27-52-50)54-45-11-6-4-9-40(45)42-30-38(23-26-47(42)54)36-20-15-33(2)16-21-36;1-4-6-7(3)5-2/h3-30H,1-2H3;4-6H,1-2H2,3H3/b;7-6-. The summed E-state index contributed by atoms with van der Waals surface area (Å²) in [6.07, 6.45) is 7.30. The van der Waals surface area contributed by atoms with Crippen LogP contribution in [0.15, 0.2) is 207 Å². The zero-order valence-corrected chi connectivity index (χ0v) is 34.6. The predicted molar refractivity (Wildman–Crippen MR) is 258 cm³/mol. The Morgan fingerprint density at radius 3 is 1.56 bits per heavy atom. The average molecular weight is 785 g/mol. The van der Waals surface area contributed by atoms with Gasteiger partial charge in [0.1, 0.15) is 0 Å². The molecule has 0 saturated carbocycles. The number of para-hydroxylation sites is 2. The van der Waals surface area contributed by atoms with Crippen LogP contribution in [0.1, 0.15) is 23.6 Å². The van der Waals surface area contributed by atoms with E-state index in [4.69, 9.17) is 4.98 Å². The second-order valence-corrected chi connectivity index (χ2v) is 15.5. The molecule has 0 radical (unpaired) electrons. The summed E-state index contributed by atoms with van der Waals surface area (Å²) in [4.78, 5) is 5.12. The molecule has 10 aromatic rings. The van der Waals surface area contributed by atoms with E-state index in [2.05, 4.69) is 188 Å². The highest BCUT2D eigenvalue weighted by Gasteiger charge is 2.22. The maximum atomic E-state index is 10.2. The molecule has 0 amide bonds. The Morgan fingerprint density at radius 2 is 1.05 bits per heavy atom. The number of nitrogens with zero attached hydrogens (tertiary/aromatic N) is 4. The molecule has 0 bridgehead atoms. The van der Waals surface area contributed by atoms with Crippen molar-refractivity contribution < 1.29 is 0 Å². The Bertz CT molecular complexity index is 3370. The fourth-order valence-electron chi connectivity index (χ4n) is 8.35. The Balaban J connectivity index is 0.000000629. The van der Waals surface area contributed by atoms with Crippen LogP contribution >= 0.6 is 0 Å². The van der Waals surface area contributed by atoms with Gasteiger partial charge in [-0.1, -0.05) is 145 Å². The summed E-state index contributed by atoms with van der Waals surface area (Å²) in [6.45, 7) is 13.3. The Labute approximate surface area is 356 Å². The van der Waals surface area contributed by atoms with E-state index in [0.29, 0.717) is 5.56 Å². The molecule has 292 valence electrons. The lowest BCUT2D eigenvalue weighted by Gasteiger charge is -2.18. The summed E-state index contributed by atoms with van der Waals surface area (Å²) >= 11 is 0. The van der Waals surface area contributed by atoms with Gasteiger partial charge in [-0.3, -0.25) is 4.98 Å². The molecule has 7 aromatic carbocycles. The number of hydrogen-bond acceptors (Lipinski definition) is 2. The van der Waals surface area contributed by atoms with Crippen LogP contribution in [0, 0.1) is 25.2 Å². The first-order valence-electron chi connectivity index (χ1n) is 20.5. The number of fused-ring (bicyclic) bond motifs is 6. The molecule has 10 rings (SSSR count). The summed E-state index contributed by atoms with van der Waals surface area (Å²) < 4.78 is 4.66. The van der Waals surface area contributed by atoms with Crippen molar-refractivity contribution in [3.05, 3.63) is 224 Å². The van der Waals surface area contributed by atoms with E-state index in [0.717, 1.165) is 50.3 Å². The van der Waals surface area contributed by atoms with Crippen molar-refractivity contribution in [1.29, 1.82) is 5.26 Å². The van der Waals surface area contributed by atoms with Crippen molar-refractivity contribution in [2.24, 2.45) is 0 Å². The number of allylic oxidation sites excluding steroid dienone is 4. The third-order valence-corrected chi connectivity index (χ3v) is 11.5. The second-order valence-electron chi connectivity index (χ2n) is 15.5. The van der Waals surface area contributed by atoms with Gasteiger partial charge in [0.15, 0.2) is 0 Å². The van der Waals surface area contributed by atoms with Gasteiger partial charge in [0.2, 0.25) is 0 Å². The van der Waals surface area contributed by atoms with E-state index in [1.54, 1.807) is 12.2 Å². The molecule has 3 aromatic heterocycles. The molecule has 0 aliphatic carbocycles. The molecule has 0 atom stereocenters. The van der Waals surface area contributed by atoms with Gasteiger partial charge < -0.3 is 9.13 Å². The van der Waals surface area contributed by atoms with E-state index in [9.17, 15) is 5.26 Å². The van der Waals surface area contributed by atoms with Crippen LogP contribution < -0.4 is 0 Å². The van der Waals surface area contributed by atoms with Gasteiger partial charge in [0.05, 0.1) is 50.8 Å². The number of pyridine rings is 1. The van der Waals surface area contributed by atoms with E-state index in [-0.39, 0.29) is 0 Å². The van der Waals surface area contributed by atoms with Crippen molar-refractivity contribution in [1.82, 2.24) is 14.1 Å². The normalized spacial score (nSPS) is 11.4. The predicted octanol–water partition coefficient (Wildman–Crippen LogP) is 15.1. The molecule has 3 heterocycles. The molecule has 0 spiro atoms. The van der Waals surface area contributed by atoms with Crippen LogP contribution in [0.4, 0.5) is 0 Å². The zero-order valence-electron chi connectivity index (χ0n) is 34.6. The van der Waals surface area contributed by atoms with Gasteiger partial charge in [-0.15, -0.1) is 0 Å².